The largest absolute Gasteiger partial charge is 0.504 e. The zero-order valence-electron chi connectivity index (χ0n) is 13.1. The predicted octanol–water partition coefficient (Wildman–Crippen LogP) is 5.30. The first-order valence-electron chi connectivity index (χ1n) is 6.95. The van der Waals surface area contributed by atoms with Crippen molar-refractivity contribution in [1.82, 2.24) is 0 Å². The molecule has 0 atom stereocenters. The molecule has 1 heterocycles. The van der Waals surface area contributed by atoms with E-state index in [4.69, 9.17) is 9.47 Å². The summed E-state index contributed by atoms with van der Waals surface area (Å²) in [6.07, 6.45) is 0. The number of halogens is 1. The third-order valence-corrected chi connectivity index (χ3v) is 5.39. The Morgan fingerprint density at radius 3 is 1.50 bits per heavy atom. The van der Waals surface area contributed by atoms with Crippen LogP contribution >= 0.6 is 15.9 Å². The van der Waals surface area contributed by atoms with E-state index in [0.29, 0.717) is 34.1 Å². The molecule has 0 saturated heterocycles. The summed E-state index contributed by atoms with van der Waals surface area (Å²) in [6, 6.07) is 0. The van der Waals surface area contributed by atoms with Gasteiger partial charge in [-0.3, -0.25) is 0 Å². The highest BCUT2D eigenvalue weighted by Gasteiger charge is 2.31. The van der Waals surface area contributed by atoms with Crippen molar-refractivity contribution in [2.75, 3.05) is 0 Å². The van der Waals surface area contributed by atoms with Crippen molar-refractivity contribution >= 4 is 15.9 Å². The van der Waals surface area contributed by atoms with Gasteiger partial charge >= 0.3 is 0 Å². The first-order chi connectivity index (χ1) is 10.3. The number of rotatable bonds is 0. The Kier molecular flexibility index (Phi) is 3.29. The van der Waals surface area contributed by atoms with Crippen molar-refractivity contribution in [2.45, 2.75) is 34.6 Å². The van der Waals surface area contributed by atoms with Gasteiger partial charge in [-0.1, -0.05) is 0 Å². The maximum Gasteiger partial charge on any atom is 0.184 e. The van der Waals surface area contributed by atoms with Crippen LogP contribution in [0.3, 0.4) is 0 Å². The second kappa shape index (κ2) is 4.81. The number of benzene rings is 2. The van der Waals surface area contributed by atoms with E-state index in [9.17, 15) is 10.2 Å². The molecule has 1 aliphatic rings. The number of phenolic OH excluding ortho intramolecular Hbond substituents is 2. The molecule has 0 amide bonds. The first kappa shape index (κ1) is 15.0. The Hall–Kier alpha value is -1.88. The van der Waals surface area contributed by atoms with Crippen molar-refractivity contribution in [3.8, 4) is 34.5 Å². The topological polar surface area (TPSA) is 58.9 Å². The fourth-order valence-electron chi connectivity index (χ4n) is 2.63. The molecule has 2 aromatic rings. The van der Waals surface area contributed by atoms with Gasteiger partial charge in [-0.15, -0.1) is 0 Å². The average molecular weight is 365 g/mol. The van der Waals surface area contributed by atoms with Gasteiger partial charge in [-0.25, -0.2) is 0 Å². The summed E-state index contributed by atoms with van der Waals surface area (Å²) in [5.74, 6) is 1.75. The second-order valence-electron chi connectivity index (χ2n) is 5.66. The zero-order chi connectivity index (χ0) is 16.3. The van der Waals surface area contributed by atoms with Gasteiger partial charge in [0.05, 0.1) is 4.47 Å². The van der Waals surface area contributed by atoms with Crippen molar-refractivity contribution in [1.29, 1.82) is 0 Å². The van der Waals surface area contributed by atoms with E-state index in [1.807, 2.05) is 20.8 Å². The summed E-state index contributed by atoms with van der Waals surface area (Å²) in [7, 11) is 0. The molecule has 116 valence electrons. The van der Waals surface area contributed by atoms with Crippen LogP contribution < -0.4 is 9.47 Å². The Bertz CT molecular complexity index is 689. The molecular formula is C17H17BrO4. The van der Waals surface area contributed by atoms with Gasteiger partial charge in [0, 0.05) is 11.1 Å². The Balaban J connectivity index is 2.32. The Labute approximate surface area is 137 Å². The van der Waals surface area contributed by atoms with Gasteiger partial charge in [0.15, 0.2) is 34.5 Å². The molecule has 0 fully saturated rings. The highest BCUT2D eigenvalue weighted by atomic mass is 79.9. The van der Waals surface area contributed by atoms with E-state index in [2.05, 4.69) is 15.9 Å². The molecule has 1 aliphatic heterocycles. The number of fused-ring (bicyclic) bond motifs is 2. The summed E-state index contributed by atoms with van der Waals surface area (Å²) in [6.45, 7) is 9.39. The van der Waals surface area contributed by atoms with Crippen LogP contribution in [0.1, 0.15) is 27.8 Å². The molecule has 4 nitrogen and oxygen atoms in total. The SMILES string of the molecule is Cc1c(C)c(Br)c2c(c1C)Oc1c(C)c(O)c(O)c(C)c1O2. The van der Waals surface area contributed by atoms with Crippen LogP contribution in [0, 0.1) is 34.6 Å². The maximum atomic E-state index is 10.0. The molecule has 2 aromatic carbocycles. The Morgan fingerprint density at radius 2 is 1.00 bits per heavy atom. The van der Waals surface area contributed by atoms with Crippen molar-refractivity contribution < 1.29 is 19.7 Å². The van der Waals surface area contributed by atoms with Crippen LogP contribution in [0.15, 0.2) is 4.47 Å². The molecule has 0 aliphatic carbocycles. The Morgan fingerprint density at radius 1 is 0.591 bits per heavy atom. The lowest BCUT2D eigenvalue weighted by Gasteiger charge is -2.28. The lowest BCUT2D eigenvalue weighted by molar-refractivity contribution is 0.336. The van der Waals surface area contributed by atoms with Crippen LogP contribution in [-0.4, -0.2) is 10.2 Å². The van der Waals surface area contributed by atoms with Gasteiger partial charge in [0.2, 0.25) is 0 Å². The minimum Gasteiger partial charge on any atom is -0.504 e. The second-order valence-corrected chi connectivity index (χ2v) is 6.45. The summed E-state index contributed by atoms with van der Waals surface area (Å²) in [4.78, 5) is 0. The minimum atomic E-state index is -0.181. The molecule has 22 heavy (non-hydrogen) atoms. The molecule has 0 aromatic heterocycles. The van der Waals surface area contributed by atoms with E-state index in [1.54, 1.807) is 13.8 Å². The lowest BCUT2D eigenvalue weighted by Crippen LogP contribution is -2.07. The maximum absolute atomic E-state index is 10.0. The molecule has 0 bridgehead atoms. The number of hydrogen-bond acceptors (Lipinski definition) is 4. The molecule has 5 heteroatoms. The van der Waals surface area contributed by atoms with Crippen LogP contribution in [0.5, 0.6) is 34.5 Å². The third-order valence-electron chi connectivity index (χ3n) is 4.43. The number of ether oxygens (including phenoxy) is 2. The molecule has 3 rings (SSSR count). The van der Waals surface area contributed by atoms with Crippen molar-refractivity contribution in [3.63, 3.8) is 0 Å². The number of phenols is 2. The van der Waals surface area contributed by atoms with Crippen LogP contribution in [-0.2, 0) is 0 Å². The average Bonchev–Trinajstić information content (AvgIpc) is 2.52. The number of aromatic hydroxyl groups is 2. The van der Waals surface area contributed by atoms with Gasteiger partial charge in [0.1, 0.15) is 0 Å². The van der Waals surface area contributed by atoms with Crippen molar-refractivity contribution in [3.05, 3.63) is 32.3 Å². The molecule has 0 radical (unpaired) electrons. The normalized spacial score (nSPS) is 12.3. The van der Waals surface area contributed by atoms with Crippen LogP contribution in [0.2, 0.25) is 0 Å². The summed E-state index contributed by atoms with van der Waals surface area (Å²) >= 11 is 3.56. The van der Waals surface area contributed by atoms with E-state index in [0.717, 1.165) is 21.2 Å². The fourth-order valence-corrected chi connectivity index (χ4v) is 3.19. The molecule has 0 spiro atoms. The lowest BCUT2D eigenvalue weighted by atomic mass is 10.0. The van der Waals surface area contributed by atoms with Gasteiger partial charge < -0.3 is 19.7 Å². The monoisotopic (exact) mass is 364 g/mol. The third kappa shape index (κ3) is 1.81. The fraction of sp³-hybridized carbons (Fsp3) is 0.294. The summed E-state index contributed by atoms with van der Waals surface area (Å²) < 4.78 is 12.9. The minimum absolute atomic E-state index is 0.177. The van der Waals surface area contributed by atoms with E-state index < -0.39 is 0 Å². The molecular weight excluding hydrogens is 348 g/mol. The first-order valence-corrected chi connectivity index (χ1v) is 7.75. The zero-order valence-corrected chi connectivity index (χ0v) is 14.7. The van der Waals surface area contributed by atoms with Gasteiger partial charge in [0.25, 0.3) is 0 Å². The molecule has 0 saturated carbocycles. The van der Waals surface area contributed by atoms with E-state index in [1.165, 1.54) is 0 Å². The predicted molar refractivity (Wildman–Crippen MR) is 87.7 cm³/mol. The quantitative estimate of drug-likeness (QED) is 0.531. The van der Waals surface area contributed by atoms with Gasteiger partial charge in [-0.2, -0.15) is 0 Å². The van der Waals surface area contributed by atoms with Crippen LogP contribution in [0.25, 0.3) is 0 Å². The molecule has 2 N–H and O–H groups in total. The van der Waals surface area contributed by atoms with Crippen LogP contribution in [0.4, 0.5) is 0 Å². The van der Waals surface area contributed by atoms with Gasteiger partial charge in [-0.05, 0) is 67.2 Å². The highest BCUT2D eigenvalue weighted by Crippen LogP contribution is 2.57. The smallest absolute Gasteiger partial charge is 0.184 e. The summed E-state index contributed by atoms with van der Waals surface area (Å²) in [5, 5.41) is 20.0. The molecule has 0 unspecified atom stereocenters. The van der Waals surface area contributed by atoms with Crippen molar-refractivity contribution in [2.24, 2.45) is 0 Å². The summed E-state index contributed by atoms with van der Waals surface area (Å²) in [5.41, 5.74) is 4.10. The van der Waals surface area contributed by atoms with E-state index >= 15 is 0 Å². The van der Waals surface area contributed by atoms with E-state index in [-0.39, 0.29) is 11.5 Å². The standard InChI is InChI=1S/C17H17BrO4/c1-6-7(2)11(18)17-14(8(6)3)21-15-9(4)12(19)13(20)10(5)16(15)22-17/h19-20H,1-5H3. The number of hydrogen-bond donors (Lipinski definition) is 2. The highest BCUT2D eigenvalue weighted by molar-refractivity contribution is 9.10.